The van der Waals surface area contributed by atoms with Crippen LogP contribution in [0.15, 0.2) is 60.4 Å². The van der Waals surface area contributed by atoms with E-state index in [1.807, 2.05) is 0 Å². The van der Waals surface area contributed by atoms with Gasteiger partial charge in [0.05, 0.1) is 11.1 Å². The van der Waals surface area contributed by atoms with Crippen molar-refractivity contribution in [2.75, 3.05) is 0 Å². The molecule has 23 heavy (non-hydrogen) atoms. The molecule has 0 unspecified atom stereocenters. The van der Waals surface area contributed by atoms with Gasteiger partial charge >= 0.3 is 12.9 Å². The average Bonchev–Trinajstić information content (AvgIpc) is 3.18. The standard InChI is InChI=1S/C16H11BF2N2O2/c18-17(19)20-9-1-3-13(20)15(14-4-2-10-21(14)17)11-5-7-12(8-6-11)16(22)23/h1-10H,(H,22,23). The summed E-state index contributed by atoms with van der Waals surface area (Å²) in [6.07, 6.45) is 5.96. The van der Waals surface area contributed by atoms with Gasteiger partial charge in [-0.15, -0.1) is 0 Å². The van der Waals surface area contributed by atoms with Gasteiger partial charge in [0.15, 0.2) is 5.70 Å². The summed E-state index contributed by atoms with van der Waals surface area (Å²) < 4.78 is 31.2. The Labute approximate surface area is 130 Å². The molecule has 1 aromatic carbocycles. The van der Waals surface area contributed by atoms with Crippen LogP contribution in [0, 0.1) is 0 Å². The highest BCUT2D eigenvalue weighted by Gasteiger charge is 2.51. The normalized spacial score (nSPS) is 17.7. The molecule has 4 rings (SSSR count). The van der Waals surface area contributed by atoms with Gasteiger partial charge in [-0.3, -0.25) is 0 Å². The summed E-state index contributed by atoms with van der Waals surface area (Å²) in [7, 11) is 0. The molecule has 0 atom stereocenters. The van der Waals surface area contributed by atoms with Crippen LogP contribution in [-0.2, 0) is 0 Å². The molecule has 0 radical (unpaired) electrons. The van der Waals surface area contributed by atoms with Crippen LogP contribution >= 0.6 is 0 Å². The maximum absolute atomic E-state index is 14.6. The molecule has 7 heteroatoms. The molecule has 4 nitrogen and oxygen atoms in total. The smallest absolute Gasteiger partial charge is 0.478 e. The third-order valence-electron chi connectivity index (χ3n) is 4.16. The van der Waals surface area contributed by atoms with Gasteiger partial charge in [0, 0.05) is 17.8 Å². The first-order valence-electron chi connectivity index (χ1n) is 7.08. The molecule has 3 heterocycles. The molecular formula is C16H11BF2N2O2. The number of allylic oxidation sites excluding steroid dienone is 2. The van der Waals surface area contributed by atoms with Crippen molar-refractivity contribution >= 4 is 24.7 Å². The summed E-state index contributed by atoms with van der Waals surface area (Å²) in [4.78, 5) is 11.0. The number of hydrogen-bond acceptors (Lipinski definition) is 1. The molecule has 0 saturated heterocycles. The van der Waals surface area contributed by atoms with Crippen molar-refractivity contribution in [3.8, 4) is 0 Å². The number of fused-ring (bicyclic) bond motifs is 2. The molecule has 114 valence electrons. The van der Waals surface area contributed by atoms with E-state index in [2.05, 4.69) is 0 Å². The van der Waals surface area contributed by atoms with Crippen LogP contribution in [-0.4, -0.2) is 33.2 Å². The van der Waals surface area contributed by atoms with Gasteiger partial charge in [-0.05, 0) is 36.0 Å². The minimum atomic E-state index is -3.91. The Morgan fingerprint density at radius 1 is 1.17 bits per heavy atom. The van der Waals surface area contributed by atoms with Crippen molar-refractivity contribution in [3.63, 3.8) is 0 Å². The Morgan fingerprint density at radius 3 is 2.61 bits per heavy atom. The Kier molecular flexibility index (Phi) is 2.69. The highest BCUT2D eigenvalue weighted by Crippen LogP contribution is 2.38. The zero-order valence-corrected chi connectivity index (χ0v) is 11.9. The van der Waals surface area contributed by atoms with Crippen LogP contribution in [0.25, 0.3) is 5.57 Å². The molecule has 0 spiro atoms. The number of aromatic carboxylic acids is 1. The number of halogens is 2. The van der Waals surface area contributed by atoms with Crippen molar-refractivity contribution in [1.29, 1.82) is 0 Å². The van der Waals surface area contributed by atoms with E-state index in [4.69, 9.17) is 5.11 Å². The Morgan fingerprint density at radius 2 is 1.91 bits per heavy atom. The Balaban J connectivity index is 1.96. The predicted molar refractivity (Wildman–Crippen MR) is 82.7 cm³/mol. The quantitative estimate of drug-likeness (QED) is 0.867. The minimum absolute atomic E-state index is 0.158. The van der Waals surface area contributed by atoms with Crippen molar-refractivity contribution in [2.24, 2.45) is 0 Å². The number of nitrogens with zero attached hydrogens (tertiary/aromatic N) is 2. The lowest BCUT2D eigenvalue weighted by atomic mass is 9.86. The van der Waals surface area contributed by atoms with Gasteiger partial charge in [0.1, 0.15) is 6.21 Å². The van der Waals surface area contributed by atoms with E-state index in [0.29, 0.717) is 22.5 Å². The molecule has 2 aliphatic rings. The fourth-order valence-electron chi connectivity index (χ4n) is 3.09. The third-order valence-corrected chi connectivity index (χ3v) is 4.16. The second-order valence-corrected chi connectivity index (χ2v) is 5.45. The Hall–Kier alpha value is -2.96. The van der Waals surface area contributed by atoms with Gasteiger partial charge in [-0.25, -0.2) is 4.79 Å². The molecule has 2 aliphatic heterocycles. The van der Waals surface area contributed by atoms with Crippen molar-refractivity contribution in [3.05, 3.63) is 77.3 Å². The van der Waals surface area contributed by atoms with Crippen molar-refractivity contribution in [1.82, 2.24) is 4.48 Å². The number of rotatable bonds is 2. The summed E-state index contributed by atoms with van der Waals surface area (Å²) >= 11 is 0. The maximum atomic E-state index is 14.6. The van der Waals surface area contributed by atoms with E-state index >= 15 is 0 Å². The molecule has 0 fully saturated rings. The monoisotopic (exact) mass is 312 g/mol. The van der Waals surface area contributed by atoms with Gasteiger partial charge in [-0.2, -0.15) is 0 Å². The van der Waals surface area contributed by atoms with Gasteiger partial charge in [-0.1, -0.05) is 12.1 Å². The third kappa shape index (κ3) is 1.83. The summed E-state index contributed by atoms with van der Waals surface area (Å²) in [6, 6.07) is 9.47. The van der Waals surface area contributed by atoms with Crippen LogP contribution in [0.4, 0.5) is 8.63 Å². The van der Waals surface area contributed by atoms with E-state index in [1.54, 1.807) is 36.4 Å². The number of carboxylic acid groups (broad SMARTS) is 1. The summed E-state index contributed by atoms with van der Waals surface area (Å²) in [5, 5.41) is 8.99. The molecule has 1 aromatic heterocycles. The minimum Gasteiger partial charge on any atom is -0.478 e. The first kappa shape index (κ1) is 13.7. The zero-order chi connectivity index (χ0) is 16.2. The molecule has 1 N–H and O–H groups in total. The van der Waals surface area contributed by atoms with E-state index < -0.39 is 12.9 Å². The summed E-state index contributed by atoms with van der Waals surface area (Å²) in [6.45, 7) is -3.91. The van der Waals surface area contributed by atoms with Gasteiger partial charge < -0.3 is 22.7 Å². The van der Waals surface area contributed by atoms with Gasteiger partial charge in [0.25, 0.3) is 0 Å². The predicted octanol–water partition coefficient (Wildman–Crippen LogP) is 2.84. The van der Waals surface area contributed by atoms with Crippen molar-refractivity contribution in [2.45, 2.75) is 0 Å². The number of benzene rings is 1. The SMILES string of the molecule is O=C(O)c1ccc(C2=C3C=CC=[N+]3[B-](F)(F)n3cccc32)cc1. The molecule has 0 aliphatic carbocycles. The lowest BCUT2D eigenvalue weighted by Crippen LogP contribution is -2.49. The number of carboxylic acids is 1. The molecular weight excluding hydrogens is 301 g/mol. The average molecular weight is 312 g/mol. The fraction of sp³-hybridized carbons (Fsp3) is 0. The highest BCUT2D eigenvalue weighted by molar-refractivity contribution is 6.57. The van der Waals surface area contributed by atoms with Crippen LogP contribution in [0.2, 0.25) is 0 Å². The van der Waals surface area contributed by atoms with Crippen LogP contribution in [0.5, 0.6) is 0 Å². The van der Waals surface area contributed by atoms with Crippen LogP contribution in [0.1, 0.15) is 21.6 Å². The second-order valence-electron chi connectivity index (χ2n) is 5.45. The first-order valence-corrected chi connectivity index (χ1v) is 7.08. The highest BCUT2D eigenvalue weighted by atomic mass is 19.2. The topological polar surface area (TPSA) is 45.2 Å². The lowest BCUT2D eigenvalue weighted by molar-refractivity contribution is -0.356. The fourth-order valence-corrected chi connectivity index (χ4v) is 3.09. The molecule has 0 saturated carbocycles. The van der Waals surface area contributed by atoms with Crippen LogP contribution in [0.3, 0.4) is 0 Å². The molecule has 2 aromatic rings. The summed E-state index contributed by atoms with van der Waals surface area (Å²) in [5.41, 5.74) is 2.35. The van der Waals surface area contributed by atoms with E-state index in [1.165, 1.54) is 24.5 Å². The van der Waals surface area contributed by atoms with Crippen LogP contribution < -0.4 is 0 Å². The summed E-state index contributed by atoms with van der Waals surface area (Å²) in [5.74, 6) is -1.02. The lowest BCUT2D eigenvalue weighted by Gasteiger charge is -2.30. The largest absolute Gasteiger partial charge is 0.737 e. The maximum Gasteiger partial charge on any atom is 0.737 e. The second kappa shape index (κ2) is 4.52. The van der Waals surface area contributed by atoms with E-state index in [-0.39, 0.29) is 5.56 Å². The van der Waals surface area contributed by atoms with E-state index in [9.17, 15) is 13.4 Å². The number of carbonyl (C=O) groups is 1. The zero-order valence-electron chi connectivity index (χ0n) is 11.9. The van der Waals surface area contributed by atoms with E-state index in [0.717, 1.165) is 8.96 Å². The Bertz CT molecular complexity index is 924. The number of hydrogen-bond donors (Lipinski definition) is 1. The molecule has 0 bridgehead atoms. The molecule has 0 amide bonds. The van der Waals surface area contributed by atoms with Gasteiger partial charge in [0.2, 0.25) is 0 Å². The number of aromatic nitrogens is 1. The van der Waals surface area contributed by atoms with Crippen molar-refractivity contribution < 1.29 is 23.0 Å². The first-order chi connectivity index (χ1) is 11.0.